The molecule has 0 bridgehead atoms. The SMILES string of the molecule is CN[C@@H]1CCCC[C@H]1NCCCCCCN[C@@H]1CCCC[C@H]1NCCCCCCN[C@@H]1CCCC[C@H]1NC. The van der Waals surface area contributed by atoms with Gasteiger partial charge in [-0.2, -0.15) is 0 Å². The Balaban J connectivity index is 1.13. The van der Waals surface area contributed by atoms with Crippen molar-refractivity contribution in [3.63, 3.8) is 0 Å². The van der Waals surface area contributed by atoms with Gasteiger partial charge in [-0.15, -0.1) is 0 Å². The van der Waals surface area contributed by atoms with Gasteiger partial charge in [0, 0.05) is 36.3 Å². The standard InChI is InChI=1S/C32H66N6/c1-33-27-17-7-9-19-29(27)35-23-13-3-5-15-25-37-31-21-11-12-22-32(31)38-26-16-6-4-14-24-36-30-20-10-8-18-28(30)34-2/h27-38H,3-26H2,1-2H3/t27-,28-,29-,30-,31-,32-/m1/s1. The van der Waals surface area contributed by atoms with Crippen molar-refractivity contribution in [2.45, 2.75) is 165 Å². The highest BCUT2D eigenvalue weighted by atomic mass is 15.0. The van der Waals surface area contributed by atoms with Gasteiger partial charge in [0.05, 0.1) is 0 Å². The molecule has 0 aromatic heterocycles. The summed E-state index contributed by atoms with van der Waals surface area (Å²) < 4.78 is 0. The smallest absolute Gasteiger partial charge is 0.0221 e. The summed E-state index contributed by atoms with van der Waals surface area (Å²) in [5.74, 6) is 0. The third kappa shape index (κ3) is 12.5. The Morgan fingerprint density at radius 1 is 0.342 bits per heavy atom. The minimum atomic E-state index is 0.685. The number of unbranched alkanes of at least 4 members (excludes halogenated alkanes) is 6. The summed E-state index contributed by atoms with van der Waals surface area (Å²) in [6.45, 7) is 4.78. The Hall–Kier alpha value is -0.240. The van der Waals surface area contributed by atoms with Gasteiger partial charge in [0.25, 0.3) is 0 Å². The van der Waals surface area contributed by atoms with Gasteiger partial charge >= 0.3 is 0 Å². The molecule has 224 valence electrons. The summed E-state index contributed by atoms with van der Waals surface area (Å²) in [7, 11) is 4.25. The van der Waals surface area contributed by atoms with Crippen LogP contribution in [0, 0.1) is 0 Å². The Morgan fingerprint density at radius 2 is 0.579 bits per heavy atom. The molecule has 0 aromatic carbocycles. The van der Waals surface area contributed by atoms with Gasteiger partial charge in [-0.05, 0) is 104 Å². The lowest BCUT2D eigenvalue weighted by Crippen LogP contribution is -2.50. The molecule has 0 radical (unpaired) electrons. The van der Waals surface area contributed by atoms with Crippen LogP contribution in [0.25, 0.3) is 0 Å². The fourth-order valence-electron chi connectivity index (χ4n) is 7.42. The predicted octanol–water partition coefficient (Wildman–Crippen LogP) is 4.84. The summed E-state index contributed by atoms with van der Waals surface area (Å²) in [5.41, 5.74) is 0. The van der Waals surface area contributed by atoms with Gasteiger partial charge in [0.2, 0.25) is 0 Å². The maximum atomic E-state index is 3.94. The monoisotopic (exact) mass is 535 g/mol. The first-order valence-electron chi connectivity index (χ1n) is 17.1. The Kier molecular flexibility index (Phi) is 17.5. The van der Waals surface area contributed by atoms with E-state index in [9.17, 15) is 0 Å². The summed E-state index contributed by atoms with van der Waals surface area (Å²) >= 11 is 0. The minimum Gasteiger partial charge on any atom is -0.315 e. The van der Waals surface area contributed by atoms with Crippen LogP contribution in [0.15, 0.2) is 0 Å². The highest BCUT2D eigenvalue weighted by Crippen LogP contribution is 2.20. The molecule has 6 nitrogen and oxygen atoms in total. The summed E-state index contributed by atoms with van der Waals surface area (Å²) in [4.78, 5) is 0. The van der Waals surface area contributed by atoms with E-state index in [1.807, 2.05) is 0 Å². The molecule has 6 atom stereocenters. The molecular formula is C32H66N6. The van der Waals surface area contributed by atoms with E-state index in [1.165, 1.54) is 155 Å². The number of rotatable bonds is 20. The molecule has 3 saturated carbocycles. The Morgan fingerprint density at radius 3 is 0.842 bits per heavy atom. The van der Waals surface area contributed by atoms with Gasteiger partial charge in [-0.1, -0.05) is 64.2 Å². The second kappa shape index (κ2) is 20.6. The molecule has 0 amide bonds. The molecule has 6 N–H and O–H groups in total. The minimum absolute atomic E-state index is 0.685. The van der Waals surface area contributed by atoms with Crippen molar-refractivity contribution in [1.29, 1.82) is 0 Å². The van der Waals surface area contributed by atoms with Crippen molar-refractivity contribution in [2.75, 3.05) is 40.3 Å². The van der Waals surface area contributed by atoms with Crippen molar-refractivity contribution in [2.24, 2.45) is 0 Å². The van der Waals surface area contributed by atoms with Crippen LogP contribution in [-0.4, -0.2) is 76.5 Å². The summed E-state index contributed by atoms with van der Waals surface area (Å²) in [5, 5.41) is 22.6. The van der Waals surface area contributed by atoms with Crippen molar-refractivity contribution in [1.82, 2.24) is 31.9 Å². The summed E-state index contributed by atoms with van der Waals surface area (Å²) in [6, 6.07) is 4.14. The topological polar surface area (TPSA) is 72.2 Å². The number of hydrogen-bond donors (Lipinski definition) is 6. The molecule has 0 heterocycles. The van der Waals surface area contributed by atoms with Crippen LogP contribution in [0.4, 0.5) is 0 Å². The van der Waals surface area contributed by atoms with Crippen molar-refractivity contribution >= 4 is 0 Å². The molecule has 3 aliphatic rings. The van der Waals surface area contributed by atoms with E-state index in [-0.39, 0.29) is 0 Å². The normalized spacial score (nSPS) is 30.5. The van der Waals surface area contributed by atoms with E-state index >= 15 is 0 Å². The van der Waals surface area contributed by atoms with Gasteiger partial charge in [-0.25, -0.2) is 0 Å². The van der Waals surface area contributed by atoms with E-state index in [4.69, 9.17) is 0 Å². The van der Waals surface area contributed by atoms with E-state index < -0.39 is 0 Å². The molecule has 0 unspecified atom stereocenters. The van der Waals surface area contributed by atoms with Gasteiger partial charge in [-0.3, -0.25) is 0 Å². The quantitative estimate of drug-likeness (QED) is 0.126. The average molecular weight is 535 g/mol. The molecule has 3 aliphatic carbocycles. The van der Waals surface area contributed by atoms with Crippen LogP contribution in [-0.2, 0) is 0 Å². The molecule has 0 aliphatic heterocycles. The van der Waals surface area contributed by atoms with Crippen LogP contribution in [0.2, 0.25) is 0 Å². The third-order valence-electron chi connectivity index (χ3n) is 9.87. The van der Waals surface area contributed by atoms with Crippen molar-refractivity contribution < 1.29 is 0 Å². The molecule has 6 heteroatoms. The largest absolute Gasteiger partial charge is 0.315 e. The number of likely N-dealkylation sites (N-methyl/N-ethyl adjacent to an activating group) is 2. The molecule has 3 rings (SSSR count). The van der Waals surface area contributed by atoms with Crippen LogP contribution in [0.1, 0.15) is 128 Å². The van der Waals surface area contributed by atoms with Gasteiger partial charge in [0.15, 0.2) is 0 Å². The van der Waals surface area contributed by atoms with Crippen LogP contribution in [0.3, 0.4) is 0 Å². The number of nitrogens with one attached hydrogen (secondary N) is 6. The van der Waals surface area contributed by atoms with E-state index in [0.717, 1.165) is 0 Å². The molecule has 0 saturated heterocycles. The number of hydrogen-bond acceptors (Lipinski definition) is 6. The van der Waals surface area contributed by atoms with Crippen molar-refractivity contribution in [3.8, 4) is 0 Å². The zero-order chi connectivity index (χ0) is 26.7. The molecule has 3 fully saturated rings. The first kappa shape index (κ1) is 32.3. The van der Waals surface area contributed by atoms with Crippen LogP contribution in [0.5, 0.6) is 0 Å². The zero-order valence-corrected chi connectivity index (χ0v) is 25.4. The zero-order valence-electron chi connectivity index (χ0n) is 25.4. The van der Waals surface area contributed by atoms with E-state index in [2.05, 4.69) is 46.0 Å². The van der Waals surface area contributed by atoms with Crippen LogP contribution < -0.4 is 31.9 Å². The predicted molar refractivity (Wildman–Crippen MR) is 165 cm³/mol. The second-order valence-corrected chi connectivity index (χ2v) is 12.7. The van der Waals surface area contributed by atoms with Gasteiger partial charge in [0.1, 0.15) is 0 Å². The van der Waals surface area contributed by atoms with Gasteiger partial charge < -0.3 is 31.9 Å². The molecule has 0 aromatic rings. The first-order chi connectivity index (χ1) is 18.8. The summed E-state index contributed by atoms with van der Waals surface area (Å²) in [6.07, 6.45) is 27.2. The fraction of sp³-hybridized carbons (Fsp3) is 1.00. The lowest BCUT2D eigenvalue weighted by atomic mass is 9.90. The van der Waals surface area contributed by atoms with E-state index in [0.29, 0.717) is 36.3 Å². The Labute approximate surface area is 236 Å². The highest BCUT2D eigenvalue weighted by Gasteiger charge is 2.25. The molecule has 0 spiro atoms. The third-order valence-corrected chi connectivity index (χ3v) is 9.87. The maximum absolute atomic E-state index is 3.94. The lowest BCUT2D eigenvalue weighted by Gasteiger charge is -2.33. The Bertz CT molecular complexity index is 512. The molecule has 38 heavy (non-hydrogen) atoms. The average Bonchev–Trinajstić information content (AvgIpc) is 2.96. The fourth-order valence-corrected chi connectivity index (χ4v) is 7.42. The van der Waals surface area contributed by atoms with E-state index in [1.54, 1.807) is 0 Å². The lowest BCUT2D eigenvalue weighted by molar-refractivity contribution is 0.280. The van der Waals surface area contributed by atoms with Crippen molar-refractivity contribution in [3.05, 3.63) is 0 Å². The van der Waals surface area contributed by atoms with Crippen LogP contribution >= 0.6 is 0 Å². The first-order valence-corrected chi connectivity index (χ1v) is 17.1. The highest BCUT2D eigenvalue weighted by molar-refractivity contribution is 4.87. The maximum Gasteiger partial charge on any atom is 0.0221 e. The second-order valence-electron chi connectivity index (χ2n) is 12.7. The molecular weight excluding hydrogens is 468 g/mol.